The molecule has 0 saturated carbocycles. The number of hydrogen-bond acceptors (Lipinski definition) is 2. The maximum absolute atomic E-state index is 10.5. The molecule has 0 saturated heterocycles. The van der Waals surface area contributed by atoms with E-state index in [4.69, 9.17) is 11.6 Å². The summed E-state index contributed by atoms with van der Waals surface area (Å²) in [4.78, 5) is 0.924. The van der Waals surface area contributed by atoms with E-state index in [1.807, 2.05) is 42.6 Å². The van der Waals surface area contributed by atoms with Crippen molar-refractivity contribution in [3.05, 3.63) is 56.7 Å². The van der Waals surface area contributed by atoms with Crippen LogP contribution in [0, 0.1) is 6.92 Å². The number of hydrogen-bond donors (Lipinski definition) is 1. The topological polar surface area (TPSA) is 20.2 Å². The SMILES string of the molecule is Cc1ccc(C(C)(O)c2cccs2)cc1Cl. The molecule has 1 unspecified atom stereocenters. The zero-order valence-electron chi connectivity index (χ0n) is 9.20. The first kappa shape index (κ1) is 11.6. The van der Waals surface area contributed by atoms with Gasteiger partial charge < -0.3 is 5.11 Å². The van der Waals surface area contributed by atoms with Gasteiger partial charge in [-0.3, -0.25) is 0 Å². The van der Waals surface area contributed by atoms with Gasteiger partial charge in [0.15, 0.2) is 0 Å². The Balaban J connectivity index is 2.47. The average molecular weight is 253 g/mol. The zero-order valence-corrected chi connectivity index (χ0v) is 10.8. The van der Waals surface area contributed by atoms with Gasteiger partial charge in [0, 0.05) is 9.90 Å². The molecule has 0 aliphatic heterocycles. The van der Waals surface area contributed by atoms with E-state index in [-0.39, 0.29) is 0 Å². The Kier molecular flexibility index (Phi) is 3.06. The van der Waals surface area contributed by atoms with Gasteiger partial charge in [-0.2, -0.15) is 0 Å². The molecule has 0 radical (unpaired) electrons. The van der Waals surface area contributed by atoms with E-state index in [1.165, 1.54) is 0 Å². The van der Waals surface area contributed by atoms with Crippen molar-refractivity contribution in [1.82, 2.24) is 0 Å². The van der Waals surface area contributed by atoms with Gasteiger partial charge in [0.25, 0.3) is 0 Å². The van der Waals surface area contributed by atoms with E-state index in [0.717, 1.165) is 16.0 Å². The van der Waals surface area contributed by atoms with Crippen molar-refractivity contribution in [2.75, 3.05) is 0 Å². The lowest BCUT2D eigenvalue weighted by molar-refractivity contribution is 0.106. The van der Waals surface area contributed by atoms with Gasteiger partial charge >= 0.3 is 0 Å². The summed E-state index contributed by atoms with van der Waals surface area (Å²) in [6.07, 6.45) is 0. The van der Waals surface area contributed by atoms with Gasteiger partial charge in [0.2, 0.25) is 0 Å². The molecule has 2 aromatic rings. The van der Waals surface area contributed by atoms with Crippen LogP contribution in [0.3, 0.4) is 0 Å². The van der Waals surface area contributed by atoms with Crippen LogP contribution >= 0.6 is 22.9 Å². The van der Waals surface area contributed by atoms with Crippen LogP contribution in [0.15, 0.2) is 35.7 Å². The maximum Gasteiger partial charge on any atom is 0.121 e. The molecule has 0 fully saturated rings. The first-order valence-electron chi connectivity index (χ1n) is 5.05. The number of rotatable bonds is 2. The van der Waals surface area contributed by atoms with Crippen LogP contribution in [0.5, 0.6) is 0 Å². The molecular formula is C13H13ClOS. The summed E-state index contributed by atoms with van der Waals surface area (Å²) >= 11 is 7.62. The molecule has 0 spiro atoms. The molecule has 1 heterocycles. The maximum atomic E-state index is 10.5. The third kappa shape index (κ3) is 2.01. The second kappa shape index (κ2) is 4.21. The smallest absolute Gasteiger partial charge is 0.121 e. The Morgan fingerprint density at radius 1 is 1.31 bits per heavy atom. The molecule has 84 valence electrons. The standard InChI is InChI=1S/C13H13ClOS/c1-9-5-6-10(8-11(9)14)13(2,15)12-4-3-7-16-12/h3-8,15H,1-2H3. The number of aryl methyl sites for hydroxylation is 1. The van der Waals surface area contributed by atoms with Crippen LogP contribution in [0.4, 0.5) is 0 Å². The number of aliphatic hydroxyl groups is 1. The molecule has 16 heavy (non-hydrogen) atoms. The number of halogens is 1. The molecule has 0 amide bonds. The molecule has 1 aromatic heterocycles. The van der Waals surface area contributed by atoms with Crippen LogP contribution in [-0.2, 0) is 5.60 Å². The number of benzene rings is 1. The van der Waals surface area contributed by atoms with Gasteiger partial charge in [-0.1, -0.05) is 29.8 Å². The van der Waals surface area contributed by atoms with E-state index in [1.54, 1.807) is 18.3 Å². The summed E-state index contributed by atoms with van der Waals surface area (Å²) in [5.74, 6) is 0. The van der Waals surface area contributed by atoms with Crippen LogP contribution in [0.2, 0.25) is 5.02 Å². The lowest BCUT2D eigenvalue weighted by Gasteiger charge is -2.23. The lowest BCUT2D eigenvalue weighted by Crippen LogP contribution is -2.21. The highest BCUT2D eigenvalue weighted by atomic mass is 35.5. The van der Waals surface area contributed by atoms with Crippen molar-refractivity contribution in [2.45, 2.75) is 19.4 Å². The Morgan fingerprint density at radius 3 is 2.62 bits per heavy atom. The highest BCUT2D eigenvalue weighted by Crippen LogP contribution is 2.33. The molecule has 1 N–H and O–H groups in total. The quantitative estimate of drug-likeness (QED) is 0.858. The summed E-state index contributed by atoms with van der Waals surface area (Å²) in [5.41, 5.74) is 0.879. The molecular weight excluding hydrogens is 240 g/mol. The van der Waals surface area contributed by atoms with E-state index in [9.17, 15) is 5.11 Å². The second-order valence-corrected chi connectivity index (χ2v) is 5.37. The molecule has 0 bridgehead atoms. The van der Waals surface area contributed by atoms with Crippen LogP contribution in [0.25, 0.3) is 0 Å². The normalized spacial score (nSPS) is 14.8. The van der Waals surface area contributed by atoms with Gasteiger partial charge in [-0.25, -0.2) is 0 Å². The highest BCUT2D eigenvalue weighted by molar-refractivity contribution is 7.10. The molecule has 2 rings (SSSR count). The van der Waals surface area contributed by atoms with Crippen molar-refractivity contribution in [2.24, 2.45) is 0 Å². The van der Waals surface area contributed by atoms with Crippen molar-refractivity contribution in [1.29, 1.82) is 0 Å². The Hall–Kier alpha value is -0.830. The first-order chi connectivity index (χ1) is 7.51. The van der Waals surface area contributed by atoms with E-state index in [0.29, 0.717) is 5.02 Å². The third-order valence-corrected chi connectivity index (χ3v) is 4.22. The molecule has 0 aliphatic carbocycles. The Bertz CT molecular complexity index is 489. The fourth-order valence-corrected chi connectivity index (χ4v) is 2.58. The Morgan fingerprint density at radius 2 is 2.06 bits per heavy atom. The zero-order chi connectivity index (χ0) is 11.8. The van der Waals surface area contributed by atoms with Gasteiger partial charge in [0.1, 0.15) is 5.60 Å². The predicted molar refractivity (Wildman–Crippen MR) is 69.2 cm³/mol. The third-order valence-electron chi connectivity index (χ3n) is 2.73. The number of thiophene rings is 1. The highest BCUT2D eigenvalue weighted by Gasteiger charge is 2.26. The van der Waals surface area contributed by atoms with Gasteiger partial charge in [-0.05, 0) is 42.5 Å². The molecule has 0 aliphatic rings. The summed E-state index contributed by atoms with van der Waals surface area (Å²) in [7, 11) is 0. The fraction of sp³-hybridized carbons (Fsp3) is 0.231. The molecule has 3 heteroatoms. The molecule has 1 aromatic carbocycles. The lowest BCUT2D eigenvalue weighted by atomic mass is 9.93. The van der Waals surface area contributed by atoms with E-state index < -0.39 is 5.60 Å². The predicted octanol–water partition coefficient (Wildman–Crippen LogP) is 3.97. The van der Waals surface area contributed by atoms with Gasteiger partial charge in [-0.15, -0.1) is 11.3 Å². The molecule has 1 atom stereocenters. The monoisotopic (exact) mass is 252 g/mol. The minimum Gasteiger partial charge on any atom is -0.380 e. The molecule has 1 nitrogen and oxygen atoms in total. The average Bonchev–Trinajstić information content (AvgIpc) is 2.75. The van der Waals surface area contributed by atoms with Crippen molar-refractivity contribution < 1.29 is 5.11 Å². The first-order valence-corrected chi connectivity index (χ1v) is 6.30. The van der Waals surface area contributed by atoms with Crippen molar-refractivity contribution >= 4 is 22.9 Å². The van der Waals surface area contributed by atoms with Crippen molar-refractivity contribution in [3.63, 3.8) is 0 Å². The Labute approximate surface area is 104 Å². The summed E-state index contributed by atoms with van der Waals surface area (Å²) in [6.45, 7) is 3.74. The van der Waals surface area contributed by atoms with E-state index >= 15 is 0 Å². The van der Waals surface area contributed by atoms with Crippen molar-refractivity contribution in [3.8, 4) is 0 Å². The van der Waals surface area contributed by atoms with E-state index in [2.05, 4.69) is 0 Å². The minimum absolute atomic E-state index is 0.689. The second-order valence-electron chi connectivity index (χ2n) is 4.01. The summed E-state index contributed by atoms with van der Waals surface area (Å²) in [5, 5.41) is 13.2. The van der Waals surface area contributed by atoms with Crippen LogP contribution in [0.1, 0.15) is 22.9 Å². The largest absolute Gasteiger partial charge is 0.380 e. The van der Waals surface area contributed by atoms with Crippen LogP contribution < -0.4 is 0 Å². The fourth-order valence-electron chi connectivity index (χ4n) is 1.59. The van der Waals surface area contributed by atoms with Gasteiger partial charge in [0.05, 0.1) is 0 Å². The minimum atomic E-state index is -0.967. The summed E-state index contributed by atoms with van der Waals surface area (Å²) in [6, 6.07) is 9.54. The summed E-state index contributed by atoms with van der Waals surface area (Å²) < 4.78 is 0. The van der Waals surface area contributed by atoms with Crippen LogP contribution in [-0.4, -0.2) is 5.11 Å².